The van der Waals surface area contributed by atoms with Gasteiger partial charge in [-0.2, -0.15) is 0 Å². The Morgan fingerprint density at radius 3 is 2.91 bits per heavy atom. The minimum Gasteiger partial charge on any atom is -0.421 e. The molecule has 0 radical (unpaired) electrons. The lowest BCUT2D eigenvalue weighted by Gasteiger charge is -2.36. The Bertz CT molecular complexity index is 1220. The number of nitrogens with one attached hydrogen (secondary N) is 3. The lowest BCUT2D eigenvalue weighted by molar-refractivity contribution is -0.129. The maximum absolute atomic E-state index is 14.0. The molecule has 0 saturated carbocycles. The number of aromatic nitrogens is 2. The molecular weight excluding hydrogens is 463 g/mol. The van der Waals surface area contributed by atoms with Crippen molar-refractivity contribution in [2.75, 3.05) is 18.4 Å². The van der Waals surface area contributed by atoms with Crippen LogP contribution in [0, 0.1) is 5.82 Å². The number of anilines is 1. The molecule has 2 fully saturated rings. The first-order valence-electron chi connectivity index (χ1n) is 10.9. The van der Waals surface area contributed by atoms with E-state index in [0.29, 0.717) is 42.5 Å². The summed E-state index contributed by atoms with van der Waals surface area (Å²) in [6.45, 7) is 0.911. The average molecular weight is 485 g/mol. The number of amides is 3. The lowest BCUT2D eigenvalue weighted by Crippen LogP contribution is -2.58. The van der Waals surface area contributed by atoms with Gasteiger partial charge in [-0.25, -0.2) is 9.18 Å². The number of carbonyl (C=O) groups is 2. The second-order valence-electron chi connectivity index (χ2n) is 8.34. The third-order valence-electron chi connectivity index (χ3n) is 6.02. The van der Waals surface area contributed by atoms with E-state index in [1.807, 2.05) is 0 Å². The molecule has 2 aliphatic rings. The van der Waals surface area contributed by atoms with Gasteiger partial charge < -0.3 is 20.4 Å². The lowest BCUT2D eigenvalue weighted by atomic mass is 10.1. The van der Waals surface area contributed by atoms with Gasteiger partial charge in [0.1, 0.15) is 5.82 Å². The van der Waals surface area contributed by atoms with Gasteiger partial charge in [0.05, 0.1) is 11.6 Å². The van der Waals surface area contributed by atoms with Crippen LogP contribution in [0.3, 0.4) is 0 Å². The quantitative estimate of drug-likeness (QED) is 0.513. The summed E-state index contributed by atoms with van der Waals surface area (Å²) in [4.78, 5) is 27.0. The number of benzene rings is 2. The number of nitrogens with zero attached hydrogens (tertiary/aromatic N) is 3. The van der Waals surface area contributed by atoms with Crippen molar-refractivity contribution >= 4 is 29.2 Å². The van der Waals surface area contributed by atoms with Gasteiger partial charge in [0.2, 0.25) is 11.8 Å². The van der Waals surface area contributed by atoms with Gasteiger partial charge in [-0.3, -0.25) is 9.69 Å². The molecule has 3 N–H and O–H groups in total. The Balaban J connectivity index is 1.23. The molecule has 1 aromatic heterocycles. The predicted molar refractivity (Wildman–Crippen MR) is 123 cm³/mol. The van der Waals surface area contributed by atoms with Gasteiger partial charge in [0.15, 0.2) is 0 Å². The largest absolute Gasteiger partial charge is 0.421 e. The molecule has 3 aromatic rings. The van der Waals surface area contributed by atoms with Crippen LogP contribution in [0.4, 0.5) is 14.9 Å². The minimum atomic E-state index is -0.438. The number of hydrogen-bond donors (Lipinski definition) is 3. The molecule has 3 heterocycles. The third-order valence-corrected chi connectivity index (χ3v) is 6.26. The molecular formula is C23H22ClFN6O3. The van der Waals surface area contributed by atoms with Gasteiger partial charge in [-0.15, -0.1) is 10.2 Å². The predicted octanol–water partition coefficient (Wildman–Crippen LogP) is 2.83. The van der Waals surface area contributed by atoms with Gasteiger partial charge in [-0.05, 0) is 36.8 Å². The number of fused-ring (bicyclic) bond motifs is 1. The van der Waals surface area contributed by atoms with Gasteiger partial charge >= 0.3 is 6.03 Å². The maximum Gasteiger partial charge on any atom is 0.319 e. The van der Waals surface area contributed by atoms with Gasteiger partial charge in [0.25, 0.3) is 5.89 Å². The highest BCUT2D eigenvalue weighted by molar-refractivity contribution is 6.30. The molecule has 0 unspecified atom stereocenters. The summed E-state index contributed by atoms with van der Waals surface area (Å²) < 4.78 is 19.7. The van der Waals surface area contributed by atoms with E-state index < -0.39 is 5.82 Å². The smallest absolute Gasteiger partial charge is 0.319 e. The van der Waals surface area contributed by atoms with E-state index in [9.17, 15) is 14.0 Å². The van der Waals surface area contributed by atoms with E-state index in [-0.39, 0.29) is 41.5 Å². The average Bonchev–Trinajstić information content (AvgIpc) is 3.44. The number of piperazine rings is 1. The number of carbonyl (C=O) groups excluding carboxylic acids is 2. The van der Waals surface area contributed by atoms with Crippen molar-refractivity contribution < 1.29 is 18.4 Å². The first-order chi connectivity index (χ1) is 16.5. The fourth-order valence-electron chi connectivity index (χ4n) is 4.47. The maximum atomic E-state index is 14.0. The summed E-state index contributed by atoms with van der Waals surface area (Å²) in [6, 6.07) is 12.0. The topological polar surface area (TPSA) is 112 Å². The van der Waals surface area contributed by atoms with Crippen molar-refractivity contribution in [1.29, 1.82) is 0 Å². The fraction of sp³-hybridized carbons (Fsp3) is 0.304. The fourth-order valence-corrected chi connectivity index (χ4v) is 4.66. The second-order valence-corrected chi connectivity index (χ2v) is 8.77. The number of rotatable bonds is 5. The molecule has 11 heteroatoms. The van der Waals surface area contributed by atoms with Crippen LogP contribution in [0.1, 0.15) is 12.3 Å². The van der Waals surface area contributed by atoms with Crippen LogP contribution < -0.4 is 16.0 Å². The molecule has 34 heavy (non-hydrogen) atoms. The molecule has 0 bridgehead atoms. The van der Waals surface area contributed by atoms with Crippen molar-refractivity contribution in [1.82, 2.24) is 25.7 Å². The number of halogens is 2. The molecule has 2 saturated heterocycles. The Hall–Kier alpha value is -3.50. The first kappa shape index (κ1) is 22.3. The highest BCUT2D eigenvalue weighted by Gasteiger charge is 2.44. The van der Waals surface area contributed by atoms with E-state index in [2.05, 4.69) is 31.0 Å². The normalized spacial score (nSPS) is 22.2. The highest BCUT2D eigenvalue weighted by atomic mass is 35.5. The van der Waals surface area contributed by atoms with E-state index in [1.165, 1.54) is 6.07 Å². The van der Waals surface area contributed by atoms with Gasteiger partial charge in [0, 0.05) is 42.3 Å². The van der Waals surface area contributed by atoms with Crippen molar-refractivity contribution in [3.05, 3.63) is 65.3 Å². The van der Waals surface area contributed by atoms with E-state index in [0.717, 1.165) is 0 Å². The van der Waals surface area contributed by atoms with E-state index in [1.54, 1.807) is 42.5 Å². The monoisotopic (exact) mass is 484 g/mol. The molecule has 9 nitrogen and oxygen atoms in total. The van der Waals surface area contributed by atoms with Crippen molar-refractivity contribution in [2.45, 2.75) is 31.0 Å². The highest BCUT2D eigenvalue weighted by Crippen LogP contribution is 2.27. The van der Waals surface area contributed by atoms with Crippen molar-refractivity contribution in [3.8, 4) is 11.5 Å². The van der Waals surface area contributed by atoms with Crippen LogP contribution in [0.25, 0.3) is 11.5 Å². The van der Waals surface area contributed by atoms with Gasteiger partial charge in [-0.1, -0.05) is 29.8 Å². The molecule has 176 valence electrons. The standard InChI is InChI=1S/C23H22ClFN6O3/c24-13-4-3-5-14(8-13)27-23(33)28-15-9-19-21(32)26-11-16(31(19)12-15)10-20-29-30-22(34-20)17-6-1-2-7-18(17)25/h1-8,15-16,19H,9-12H2,(H,26,32)(H2,27,28,33)/t15-,16+,19-/m0/s1. The zero-order valence-electron chi connectivity index (χ0n) is 18.0. The summed E-state index contributed by atoms with van der Waals surface area (Å²) in [5.74, 6) is -0.0445. The molecule has 0 aliphatic carbocycles. The Morgan fingerprint density at radius 2 is 2.09 bits per heavy atom. The van der Waals surface area contributed by atoms with E-state index >= 15 is 0 Å². The second kappa shape index (κ2) is 9.40. The third kappa shape index (κ3) is 4.73. The molecule has 3 atom stereocenters. The van der Waals surface area contributed by atoms with Crippen molar-refractivity contribution in [2.24, 2.45) is 0 Å². The minimum absolute atomic E-state index is 0.0756. The molecule has 3 amide bonds. The Kier molecular flexibility index (Phi) is 6.16. The molecule has 0 spiro atoms. The summed E-state index contributed by atoms with van der Waals surface area (Å²) in [5.41, 5.74) is 0.825. The Labute approximate surface area is 199 Å². The van der Waals surface area contributed by atoms with Crippen LogP contribution in [0.15, 0.2) is 52.9 Å². The van der Waals surface area contributed by atoms with Crippen LogP contribution in [-0.2, 0) is 11.2 Å². The summed E-state index contributed by atoms with van der Waals surface area (Å²) in [7, 11) is 0. The first-order valence-corrected chi connectivity index (χ1v) is 11.3. The summed E-state index contributed by atoms with van der Waals surface area (Å²) in [5, 5.41) is 17.2. The number of hydrogen-bond acceptors (Lipinski definition) is 6. The van der Waals surface area contributed by atoms with Crippen LogP contribution >= 0.6 is 11.6 Å². The number of urea groups is 1. The van der Waals surface area contributed by atoms with E-state index in [4.69, 9.17) is 16.0 Å². The van der Waals surface area contributed by atoms with Crippen molar-refractivity contribution in [3.63, 3.8) is 0 Å². The molecule has 2 aromatic carbocycles. The van der Waals surface area contributed by atoms with Crippen LogP contribution in [0.5, 0.6) is 0 Å². The SMILES string of the molecule is O=C(Nc1cccc(Cl)c1)N[C@H]1C[C@H]2C(=O)NC[C@@H](Cc3nnc(-c4ccccc4F)o3)N2C1. The summed E-state index contributed by atoms with van der Waals surface area (Å²) in [6.07, 6.45) is 0.870. The molecule has 5 rings (SSSR count). The zero-order chi connectivity index (χ0) is 23.7. The summed E-state index contributed by atoms with van der Waals surface area (Å²) >= 11 is 5.97. The Morgan fingerprint density at radius 1 is 1.24 bits per heavy atom. The van der Waals surface area contributed by atoms with Crippen LogP contribution in [-0.4, -0.2) is 58.3 Å². The zero-order valence-corrected chi connectivity index (χ0v) is 18.8. The van der Waals surface area contributed by atoms with Crippen LogP contribution in [0.2, 0.25) is 5.02 Å². The molecule has 2 aliphatic heterocycles.